The Bertz CT molecular complexity index is 2320. The van der Waals surface area contributed by atoms with Gasteiger partial charge in [0.25, 0.3) is 5.91 Å². The van der Waals surface area contributed by atoms with E-state index in [2.05, 4.69) is 42.1 Å². The third kappa shape index (κ3) is 10.0. The first-order valence-electron chi connectivity index (χ1n) is 19.2. The van der Waals surface area contributed by atoms with Gasteiger partial charge in [-0.2, -0.15) is 0 Å². The van der Waals surface area contributed by atoms with Crippen molar-refractivity contribution in [1.29, 1.82) is 0 Å². The number of nitrogens with zero attached hydrogens (tertiary/aromatic N) is 8. The third-order valence-electron chi connectivity index (χ3n) is 10.2. The highest BCUT2D eigenvalue weighted by Crippen LogP contribution is 2.34. The topological polar surface area (TPSA) is 177 Å². The highest BCUT2D eigenvalue weighted by molar-refractivity contribution is 7.22. The lowest BCUT2D eigenvalue weighted by molar-refractivity contribution is -0.132. The van der Waals surface area contributed by atoms with Crippen LogP contribution in [-0.2, 0) is 28.9 Å². The average molecular weight is 824 g/mol. The number of hydrogen-bond donors (Lipinski definition) is 2. The van der Waals surface area contributed by atoms with Crippen LogP contribution in [0, 0.1) is 17.8 Å². The van der Waals surface area contributed by atoms with Gasteiger partial charge in [-0.25, -0.2) is 19.2 Å². The van der Waals surface area contributed by atoms with Crippen LogP contribution in [0.5, 0.6) is 0 Å². The summed E-state index contributed by atoms with van der Waals surface area (Å²) in [6, 6.07) is 13.4. The van der Waals surface area contributed by atoms with Crippen molar-refractivity contribution in [3.8, 4) is 11.8 Å². The smallest absolute Gasteiger partial charge is 0.355 e. The van der Waals surface area contributed by atoms with Crippen molar-refractivity contribution in [3.63, 3.8) is 0 Å². The first-order valence-corrected chi connectivity index (χ1v) is 20.8. The fraction of sp³-hybridized carbons (Fsp3) is 0.390. The summed E-state index contributed by atoms with van der Waals surface area (Å²) in [5.74, 6) is 4.51. The van der Waals surface area contributed by atoms with Crippen LogP contribution in [0.3, 0.4) is 0 Å². The van der Waals surface area contributed by atoms with E-state index in [-0.39, 0.29) is 48.0 Å². The summed E-state index contributed by atoms with van der Waals surface area (Å²) in [7, 11) is 0. The number of carbonyl (C=O) groups excluding carboxylic acids is 2. The lowest BCUT2D eigenvalue weighted by Crippen LogP contribution is -2.48. The normalized spacial score (nSPS) is 16.7. The molecular formula is C41H42FN9O5S2. The SMILES string of the molecule is [N-]=[N+]=NCCCC(=O)N1CCN(CC#CC2C=CC(OCCCc3sc(N4CCc5cccc(C(=O)Nc6nc7ccccc7s6)c5C4)nc3C(=O)O)=C(F)C2)CC1. The first-order chi connectivity index (χ1) is 28.2. The predicted octanol–water partition coefficient (Wildman–Crippen LogP) is 7.21. The molecule has 1 fully saturated rings. The Balaban J connectivity index is 0.877. The number of carbonyl (C=O) groups is 3. The summed E-state index contributed by atoms with van der Waals surface area (Å²) in [5, 5.41) is 17.5. The molecule has 1 atom stereocenters. The number of allylic oxidation sites excluding steroid dienone is 3. The van der Waals surface area contributed by atoms with E-state index in [4.69, 9.17) is 10.3 Å². The molecule has 58 heavy (non-hydrogen) atoms. The summed E-state index contributed by atoms with van der Waals surface area (Å²) in [6.07, 6.45) is 6.00. The number of nitrogens with one attached hydrogen (secondary N) is 1. The number of aromatic nitrogens is 2. The number of carboxylic acid groups (broad SMARTS) is 1. The number of carboxylic acids is 1. The minimum Gasteiger partial charge on any atom is -0.491 e. The zero-order chi connectivity index (χ0) is 40.4. The van der Waals surface area contributed by atoms with E-state index in [0.29, 0.717) is 105 Å². The van der Waals surface area contributed by atoms with Gasteiger partial charge in [-0.3, -0.25) is 19.8 Å². The summed E-state index contributed by atoms with van der Waals surface area (Å²) >= 11 is 2.73. The molecule has 2 aliphatic heterocycles. The Hall–Kier alpha value is -5.79. The minimum atomic E-state index is -1.12. The molecule has 2 aromatic heterocycles. The molecular weight excluding hydrogens is 782 g/mol. The van der Waals surface area contributed by atoms with Gasteiger partial charge < -0.3 is 19.6 Å². The maximum absolute atomic E-state index is 15.0. The van der Waals surface area contributed by atoms with E-state index in [1.807, 2.05) is 52.3 Å². The zero-order valence-corrected chi connectivity index (χ0v) is 33.4. The minimum absolute atomic E-state index is 0.00806. The Kier molecular flexibility index (Phi) is 13.3. The summed E-state index contributed by atoms with van der Waals surface area (Å²) < 4.78 is 21.8. The molecule has 4 aromatic rings. The number of fused-ring (bicyclic) bond motifs is 2. The van der Waals surface area contributed by atoms with Gasteiger partial charge in [-0.1, -0.05) is 58.6 Å². The second-order valence-corrected chi connectivity index (χ2v) is 16.1. The van der Waals surface area contributed by atoms with Gasteiger partial charge in [0.05, 0.1) is 23.4 Å². The predicted molar refractivity (Wildman–Crippen MR) is 222 cm³/mol. The van der Waals surface area contributed by atoms with Gasteiger partial charge in [0, 0.05) is 79.9 Å². The molecule has 1 aliphatic carbocycles. The number of ether oxygens (including phenoxy) is 1. The molecule has 0 radical (unpaired) electrons. The van der Waals surface area contributed by atoms with Crippen LogP contribution >= 0.6 is 22.7 Å². The molecule has 2 amide bonds. The quantitative estimate of drug-likeness (QED) is 0.0437. The van der Waals surface area contributed by atoms with Gasteiger partial charge >= 0.3 is 5.97 Å². The van der Waals surface area contributed by atoms with Crippen molar-refractivity contribution >= 4 is 60.9 Å². The summed E-state index contributed by atoms with van der Waals surface area (Å²) in [5.41, 5.74) is 11.7. The van der Waals surface area contributed by atoms with E-state index in [1.54, 1.807) is 12.1 Å². The number of para-hydroxylation sites is 1. The van der Waals surface area contributed by atoms with Gasteiger partial charge in [-0.15, -0.1) is 11.3 Å². The molecule has 2 N–H and O–H groups in total. The van der Waals surface area contributed by atoms with Crippen LogP contribution in [-0.4, -0.2) is 95.1 Å². The van der Waals surface area contributed by atoms with Crippen molar-refractivity contribution in [3.05, 3.63) is 104 Å². The summed E-state index contributed by atoms with van der Waals surface area (Å²) in [4.78, 5) is 56.4. The van der Waals surface area contributed by atoms with Crippen LogP contribution in [0.4, 0.5) is 14.7 Å². The number of aryl methyl sites for hydroxylation is 1. The molecule has 3 aliphatic rings. The molecule has 300 valence electrons. The van der Waals surface area contributed by atoms with Gasteiger partial charge in [0.2, 0.25) is 5.91 Å². The second kappa shape index (κ2) is 19.1. The molecule has 14 nitrogen and oxygen atoms in total. The van der Waals surface area contributed by atoms with Gasteiger partial charge in [0.1, 0.15) is 11.6 Å². The van der Waals surface area contributed by atoms with Gasteiger partial charge in [-0.05, 0) is 66.6 Å². The lowest BCUT2D eigenvalue weighted by atomic mass is 9.94. The van der Waals surface area contributed by atoms with Crippen molar-refractivity contribution in [1.82, 2.24) is 19.8 Å². The van der Waals surface area contributed by atoms with E-state index < -0.39 is 5.97 Å². The number of azide groups is 1. The van der Waals surface area contributed by atoms with Crippen molar-refractivity contribution in [2.75, 3.05) is 62.6 Å². The zero-order valence-electron chi connectivity index (χ0n) is 31.7. The largest absolute Gasteiger partial charge is 0.491 e. The molecule has 17 heteroatoms. The number of amides is 2. The van der Waals surface area contributed by atoms with Crippen molar-refractivity contribution < 1.29 is 28.6 Å². The Labute approximate surface area is 342 Å². The third-order valence-corrected chi connectivity index (χ3v) is 12.3. The maximum Gasteiger partial charge on any atom is 0.355 e. The Morgan fingerprint density at radius 2 is 1.91 bits per heavy atom. The lowest BCUT2D eigenvalue weighted by Gasteiger charge is -2.33. The number of rotatable bonds is 14. The highest BCUT2D eigenvalue weighted by atomic mass is 32.1. The van der Waals surface area contributed by atoms with Gasteiger partial charge in [0.15, 0.2) is 16.0 Å². The second-order valence-electron chi connectivity index (χ2n) is 14.1. The van der Waals surface area contributed by atoms with Crippen LogP contribution in [0.25, 0.3) is 20.7 Å². The molecule has 0 saturated carbocycles. The number of halogens is 1. The summed E-state index contributed by atoms with van der Waals surface area (Å²) in [6.45, 7) is 4.73. The monoisotopic (exact) mass is 823 g/mol. The van der Waals surface area contributed by atoms with Crippen LogP contribution in [0.15, 0.2) is 71.3 Å². The fourth-order valence-corrected chi connectivity index (χ4v) is 9.08. The highest BCUT2D eigenvalue weighted by Gasteiger charge is 2.27. The maximum atomic E-state index is 15.0. The van der Waals surface area contributed by atoms with E-state index in [1.165, 1.54) is 22.7 Å². The molecule has 1 unspecified atom stereocenters. The fourth-order valence-electron chi connectivity index (χ4n) is 7.10. The number of hydrogen-bond acceptors (Lipinski definition) is 11. The van der Waals surface area contributed by atoms with Crippen molar-refractivity contribution in [2.45, 2.75) is 45.1 Å². The molecule has 0 bridgehead atoms. The Morgan fingerprint density at radius 1 is 1.07 bits per heavy atom. The average Bonchev–Trinajstić information content (AvgIpc) is 3.86. The van der Waals surface area contributed by atoms with Crippen LogP contribution < -0.4 is 10.2 Å². The molecule has 1 saturated heterocycles. The number of piperazine rings is 1. The van der Waals surface area contributed by atoms with Crippen molar-refractivity contribution in [2.24, 2.45) is 11.0 Å². The van der Waals surface area contributed by atoms with E-state index in [9.17, 15) is 19.5 Å². The number of anilines is 2. The first kappa shape index (κ1) is 40.4. The molecule has 4 heterocycles. The van der Waals surface area contributed by atoms with Crippen LogP contribution in [0.2, 0.25) is 0 Å². The van der Waals surface area contributed by atoms with E-state index in [0.717, 1.165) is 21.3 Å². The molecule has 2 aromatic carbocycles. The Morgan fingerprint density at radius 3 is 2.71 bits per heavy atom. The number of aromatic carboxylic acids is 1. The van der Waals surface area contributed by atoms with Crippen LogP contribution in [0.1, 0.15) is 62.5 Å². The van der Waals surface area contributed by atoms with E-state index >= 15 is 4.39 Å². The molecule has 7 rings (SSSR count). The molecule has 0 spiro atoms. The number of thiazole rings is 2. The number of benzene rings is 2. The standard InChI is InChI=1S/C41H42FN9O5S2/c42-31-25-27(7-5-18-49-20-22-50(23-21-49)36(52)13-4-17-44-48-43)14-15-33(31)56-24-6-12-35-37(39(54)55)46-41(58-35)51-19-16-28-8-3-9-29(30(28)26-51)38(53)47-40-45-32-10-1-2-11-34(32)57-40/h1-3,8-11,14-15,27H,4,6,12-13,16-26H2,(H,54,55)(H,45,47,53).